The zero-order valence-electron chi connectivity index (χ0n) is 14.1. The van der Waals surface area contributed by atoms with Gasteiger partial charge in [0.2, 0.25) is 0 Å². The fourth-order valence-electron chi connectivity index (χ4n) is 3.00. The third kappa shape index (κ3) is 4.26. The molecule has 1 aliphatic rings. The van der Waals surface area contributed by atoms with Crippen LogP contribution in [0.2, 0.25) is 0 Å². The van der Waals surface area contributed by atoms with Crippen LogP contribution in [0.4, 0.5) is 4.39 Å². The van der Waals surface area contributed by atoms with Gasteiger partial charge in [-0.05, 0) is 49.9 Å². The minimum atomic E-state index is -0.218. The summed E-state index contributed by atoms with van der Waals surface area (Å²) < 4.78 is 18.8. The van der Waals surface area contributed by atoms with Gasteiger partial charge in [0.25, 0.3) is 0 Å². The first-order chi connectivity index (χ1) is 11.8. The van der Waals surface area contributed by atoms with Crippen LogP contribution < -0.4 is 10.6 Å². The fraction of sp³-hybridized carbons (Fsp3) is 0.500. The van der Waals surface area contributed by atoms with E-state index in [2.05, 4.69) is 27.5 Å². The summed E-state index contributed by atoms with van der Waals surface area (Å²) in [6, 6.07) is 4.85. The van der Waals surface area contributed by atoms with Crippen molar-refractivity contribution >= 4 is 16.9 Å². The Kier molecular flexibility index (Phi) is 5.69. The second kappa shape index (κ2) is 8.15. The van der Waals surface area contributed by atoms with E-state index in [1.54, 1.807) is 0 Å². The monoisotopic (exact) mass is 332 g/mol. The second-order valence-corrected chi connectivity index (χ2v) is 6.04. The average molecular weight is 332 g/mol. The molecule has 6 heteroatoms. The third-order valence-electron chi connectivity index (χ3n) is 4.24. The molecule has 1 unspecified atom stereocenters. The quantitative estimate of drug-likeness (QED) is 0.563. The van der Waals surface area contributed by atoms with Crippen LogP contribution in [0.3, 0.4) is 0 Å². The lowest BCUT2D eigenvalue weighted by molar-refractivity contribution is 0.117. The summed E-state index contributed by atoms with van der Waals surface area (Å²) in [7, 11) is 0. The Bertz CT molecular complexity index is 691. The summed E-state index contributed by atoms with van der Waals surface area (Å²) in [5, 5.41) is 7.68. The summed E-state index contributed by atoms with van der Waals surface area (Å²) in [5.74, 6) is 0.601. The van der Waals surface area contributed by atoms with E-state index in [-0.39, 0.29) is 11.9 Å². The van der Waals surface area contributed by atoms with Crippen molar-refractivity contribution in [3.63, 3.8) is 0 Å². The number of H-pyrrole nitrogens is 1. The molecule has 1 aromatic carbocycles. The van der Waals surface area contributed by atoms with E-state index in [1.807, 2.05) is 12.3 Å². The molecule has 1 fully saturated rings. The van der Waals surface area contributed by atoms with Crippen LogP contribution >= 0.6 is 0 Å². The molecule has 1 aromatic heterocycles. The van der Waals surface area contributed by atoms with Gasteiger partial charge in [0.1, 0.15) is 5.82 Å². The van der Waals surface area contributed by atoms with Gasteiger partial charge in [0.05, 0.1) is 12.6 Å². The SMILES string of the molecule is CCNC(=NCC1CCCO1)NCCc1c[nH]c2cc(F)ccc12. The molecule has 5 nitrogen and oxygen atoms in total. The Morgan fingerprint density at radius 3 is 3.12 bits per heavy atom. The van der Waals surface area contributed by atoms with Crippen molar-refractivity contribution in [2.75, 3.05) is 26.2 Å². The summed E-state index contributed by atoms with van der Waals surface area (Å²) >= 11 is 0. The van der Waals surface area contributed by atoms with Crippen molar-refractivity contribution in [1.82, 2.24) is 15.6 Å². The number of guanidine groups is 1. The zero-order valence-corrected chi connectivity index (χ0v) is 14.1. The molecule has 1 aliphatic heterocycles. The number of hydrogen-bond donors (Lipinski definition) is 3. The number of aromatic nitrogens is 1. The maximum absolute atomic E-state index is 13.2. The van der Waals surface area contributed by atoms with Crippen molar-refractivity contribution < 1.29 is 9.13 Å². The Labute approximate surface area is 141 Å². The number of halogens is 1. The molecule has 0 spiro atoms. The molecular weight excluding hydrogens is 307 g/mol. The predicted molar refractivity (Wildman–Crippen MR) is 94.9 cm³/mol. The lowest BCUT2D eigenvalue weighted by Gasteiger charge is -2.12. The summed E-state index contributed by atoms with van der Waals surface area (Å²) in [6.45, 7) is 5.19. The highest BCUT2D eigenvalue weighted by molar-refractivity contribution is 5.83. The summed E-state index contributed by atoms with van der Waals surface area (Å²) in [6.07, 6.45) is 5.27. The van der Waals surface area contributed by atoms with Gasteiger partial charge in [-0.2, -0.15) is 0 Å². The van der Waals surface area contributed by atoms with Crippen molar-refractivity contribution in [2.45, 2.75) is 32.3 Å². The molecule has 130 valence electrons. The van der Waals surface area contributed by atoms with Crippen molar-refractivity contribution in [3.8, 4) is 0 Å². The number of hydrogen-bond acceptors (Lipinski definition) is 2. The summed E-state index contributed by atoms with van der Waals surface area (Å²) in [4.78, 5) is 7.72. The molecule has 1 atom stereocenters. The van der Waals surface area contributed by atoms with Crippen LogP contribution in [-0.2, 0) is 11.2 Å². The predicted octanol–water partition coefficient (Wildman–Crippen LogP) is 2.58. The Morgan fingerprint density at radius 2 is 2.33 bits per heavy atom. The molecule has 0 saturated carbocycles. The van der Waals surface area contributed by atoms with Gasteiger partial charge in [-0.3, -0.25) is 4.99 Å². The highest BCUT2D eigenvalue weighted by Gasteiger charge is 2.14. The smallest absolute Gasteiger partial charge is 0.191 e. The number of aromatic amines is 1. The van der Waals surface area contributed by atoms with Crippen molar-refractivity contribution in [2.24, 2.45) is 4.99 Å². The molecule has 24 heavy (non-hydrogen) atoms. The third-order valence-corrected chi connectivity index (χ3v) is 4.24. The van der Waals surface area contributed by atoms with Gasteiger partial charge in [-0.25, -0.2) is 4.39 Å². The highest BCUT2D eigenvalue weighted by Crippen LogP contribution is 2.19. The van der Waals surface area contributed by atoms with Gasteiger partial charge in [-0.1, -0.05) is 0 Å². The number of rotatable bonds is 6. The Morgan fingerprint density at radius 1 is 1.42 bits per heavy atom. The van der Waals surface area contributed by atoms with E-state index in [9.17, 15) is 4.39 Å². The maximum atomic E-state index is 13.2. The number of aliphatic imine (C=N–C) groups is 1. The molecule has 3 rings (SSSR count). The van der Waals surface area contributed by atoms with Crippen molar-refractivity contribution in [3.05, 3.63) is 35.8 Å². The van der Waals surface area contributed by atoms with Gasteiger partial charge in [-0.15, -0.1) is 0 Å². The number of fused-ring (bicyclic) bond motifs is 1. The number of ether oxygens (including phenoxy) is 1. The first kappa shape index (κ1) is 16.8. The van der Waals surface area contributed by atoms with Crippen LogP contribution in [0.1, 0.15) is 25.3 Å². The van der Waals surface area contributed by atoms with E-state index in [0.29, 0.717) is 6.54 Å². The number of nitrogens with one attached hydrogen (secondary N) is 3. The van der Waals surface area contributed by atoms with E-state index >= 15 is 0 Å². The van der Waals surface area contributed by atoms with Gasteiger partial charge < -0.3 is 20.4 Å². The standard InChI is InChI=1S/C18H25FN4O/c1-2-20-18(23-12-15-4-3-9-24-15)21-8-7-13-11-22-17-10-14(19)5-6-16(13)17/h5-6,10-11,15,22H,2-4,7-9,12H2,1H3,(H2,20,21,23). The van der Waals surface area contributed by atoms with E-state index in [1.165, 1.54) is 17.7 Å². The molecule has 0 radical (unpaired) electrons. The van der Waals surface area contributed by atoms with Crippen molar-refractivity contribution in [1.29, 1.82) is 0 Å². The second-order valence-electron chi connectivity index (χ2n) is 6.04. The molecule has 2 aromatic rings. The first-order valence-electron chi connectivity index (χ1n) is 8.65. The van der Waals surface area contributed by atoms with Gasteiger partial charge >= 0.3 is 0 Å². The summed E-state index contributed by atoms with van der Waals surface area (Å²) in [5.41, 5.74) is 2.01. The molecule has 3 N–H and O–H groups in total. The van der Waals surface area contributed by atoms with Crippen LogP contribution in [0.5, 0.6) is 0 Å². The lowest BCUT2D eigenvalue weighted by Crippen LogP contribution is -2.38. The minimum absolute atomic E-state index is 0.218. The van der Waals surface area contributed by atoms with E-state index < -0.39 is 0 Å². The molecule has 0 aliphatic carbocycles. The lowest BCUT2D eigenvalue weighted by atomic mass is 10.1. The maximum Gasteiger partial charge on any atom is 0.191 e. The van der Waals surface area contributed by atoms with Crippen LogP contribution in [0.15, 0.2) is 29.4 Å². The largest absolute Gasteiger partial charge is 0.376 e. The normalized spacial score (nSPS) is 18.2. The highest BCUT2D eigenvalue weighted by atomic mass is 19.1. The fourth-order valence-corrected chi connectivity index (χ4v) is 3.00. The number of nitrogens with zero attached hydrogens (tertiary/aromatic N) is 1. The average Bonchev–Trinajstić information content (AvgIpc) is 3.22. The zero-order chi connectivity index (χ0) is 16.8. The van der Waals surface area contributed by atoms with Crippen LogP contribution in [0.25, 0.3) is 10.9 Å². The van der Waals surface area contributed by atoms with Gasteiger partial charge in [0.15, 0.2) is 5.96 Å². The molecule has 0 bridgehead atoms. The topological polar surface area (TPSA) is 61.4 Å². The Balaban J connectivity index is 1.54. The minimum Gasteiger partial charge on any atom is -0.376 e. The van der Waals surface area contributed by atoms with E-state index in [4.69, 9.17) is 4.74 Å². The number of benzene rings is 1. The van der Waals surface area contributed by atoms with Crippen LogP contribution in [0, 0.1) is 5.82 Å². The van der Waals surface area contributed by atoms with E-state index in [0.717, 1.165) is 55.8 Å². The molecule has 1 saturated heterocycles. The van der Waals surface area contributed by atoms with Gasteiger partial charge in [0, 0.05) is 36.8 Å². The Hall–Kier alpha value is -2.08. The molecule has 2 heterocycles. The molecule has 0 amide bonds. The van der Waals surface area contributed by atoms with Crippen LogP contribution in [-0.4, -0.2) is 43.3 Å². The first-order valence-corrected chi connectivity index (χ1v) is 8.65. The molecular formula is C18H25FN4O.